The van der Waals surface area contributed by atoms with Crippen molar-refractivity contribution in [2.24, 2.45) is 5.92 Å². The fraction of sp³-hybridized carbons (Fsp3) is 0.375. The minimum Gasteiger partial charge on any atom is -0.374 e. The number of ether oxygens (including phenoxy) is 1. The van der Waals surface area contributed by atoms with Gasteiger partial charge in [0, 0.05) is 0 Å². The van der Waals surface area contributed by atoms with Crippen LogP contribution in [0.1, 0.15) is 62.5 Å². The van der Waals surface area contributed by atoms with Gasteiger partial charge in [-0.25, -0.2) is 4.39 Å². The number of allylic oxidation sites excluding steroid dienone is 1. The summed E-state index contributed by atoms with van der Waals surface area (Å²) in [7, 11) is 0. The molecule has 1 unspecified atom stereocenters. The van der Waals surface area contributed by atoms with Crippen molar-refractivity contribution < 1.29 is 9.13 Å². The molecule has 1 aliphatic rings. The predicted molar refractivity (Wildman–Crippen MR) is 142 cm³/mol. The summed E-state index contributed by atoms with van der Waals surface area (Å²) in [6.07, 6.45) is 7.41. The molecule has 0 bridgehead atoms. The molecule has 0 aromatic heterocycles. The molecule has 4 rings (SSSR count). The fourth-order valence-electron chi connectivity index (χ4n) is 5.14. The van der Waals surface area contributed by atoms with Crippen LogP contribution in [0, 0.1) is 5.92 Å². The third-order valence-corrected chi connectivity index (χ3v) is 7.13. The molecule has 0 N–H and O–H groups in total. The van der Waals surface area contributed by atoms with Gasteiger partial charge < -0.3 is 4.74 Å². The molecule has 3 aromatic rings. The van der Waals surface area contributed by atoms with Crippen molar-refractivity contribution in [3.63, 3.8) is 0 Å². The first-order chi connectivity index (χ1) is 16.7. The summed E-state index contributed by atoms with van der Waals surface area (Å²) in [4.78, 5) is 0. The first kappa shape index (κ1) is 24.4. The first-order valence-electron chi connectivity index (χ1n) is 12.8. The van der Waals surface area contributed by atoms with E-state index in [0.29, 0.717) is 24.9 Å². The highest BCUT2D eigenvalue weighted by atomic mass is 19.1. The van der Waals surface area contributed by atoms with Crippen LogP contribution >= 0.6 is 0 Å². The molecule has 0 radical (unpaired) electrons. The van der Waals surface area contributed by atoms with Crippen LogP contribution in [0.25, 0.3) is 22.3 Å². The average molecular weight is 457 g/mol. The molecule has 1 fully saturated rings. The Morgan fingerprint density at radius 2 is 1.59 bits per heavy atom. The fourth-order valence-corrected chi connectivity index (χ4v) is 5.14. The van der Waals surface area contributed by atoms with E-state index in [-0.39, 0.29) is 6.61 Å². The van der Waals surface area contributed by atoms with Crippen LogP contribution in [0.3, 0.4) is 0 Å². The quantitative estimate of drug-likeness (QED) is 0.276. The van der Waals surface area contributed by atoms with Crippen LogP contribution in [0.5, 0.6) is 0 Å². The second-order valence-electron chi connectivity index (χ2n) is 9.61. The van der Waals surface area contributed by atoms with Crippen LogP contribution in [0.2, 0.25) is 0 Å². The molecule has 1 saturated carbocycles. The molecular formula is C32H37FO. The first-order valence-corrected chi connectivity index (χ1v) is 12.8. The average Bonchev–Trinajstić information content (AvgIpc) is 2.89. The van der Waals surface area contributed by atoms with Gasteiger partial charge in [0.1, 0.15) is 6.17 Å². The normalized spacial score (nSPS) is 19.0. The van der Waals surface area contributed by atoms with Gasteiger partial charge in [0.15, 0.2) is 0 Å². The molecule has 1 nitrogen and oxygen atoms in total. The van der Waals surface area contributed by atoms with Crippen molar-refractivity contribution in [1.29, 1.82) is 0 Å². The number of benzene rings is 3. The lowest BCUT2D eigenvalue weighted by Crippen LogP contribution is -2.13. The molecule has 3 aromatic carbocycles. The van der Waals surface area contributed by atoms with Gasteiger partial charge in [-0.1, -0.05) is 92.2 Å². The van der Waals surface area contributed by atoms with Crippen LogP contribution < -0.4 is 0 Å². The smallest absolute Gasteiger partial charge is 0.123 e. The number of alkyl halides is 1. The minimum absolute atomic E-state index is 0.177. The van der Waals surface area contributed by atoms with Crippen molar-refractivity contribution in [1.82, 2.24) is 0 Å². The van der Waals surface area contributed by atoms with Crippen molar-refractivity contribution >= 4 is 0 Å². The van der Waals surface area contributed by atoms with Gasteiger partial charge in [0.05, 0.1) is 13.2 Å². The Hall–Kier alpha value is -2.71. The highest BCUT2D eigenvalue weighted by molar-refractivity contribution is 5.73. The van der Waals surface area contributed by atoms with Crippen molar-refractivity contribution in [2.45, 2.75) is 64.1 Å². The van der Waals surface area contributed by atoms with E-state index < -0.39 is 6.17 Å². The molecule has 1 aliphatic carbocycles. The van der Waals surface area contributed by atoms with E-state index in [1.165, 1.54) is 53.5 Å². The van der Waals surface area contributed by atoms with Crippen LogP contribution in [0.15, 0.2) is 85.5 Å². The van der Waals surface area contributed by atoms with Gasteiger partial charge in [-0.15, -0.1) is 6.58 Å². The van der Waals surface area contributed by atoms with Crippen molar-refractivity contribution in [2.75, 3.05) is 6.61 Å². The second-order valence-corrected chi connectivity index (χ2v) is 9.61. The Labute approximate surface area is 204 Å². The third-order valence-electron chi connectivity index (χ3n) is 7.13. The topological polar surface area (TPSA) is 9.23 Å². The van der Waals surface area contributed by atoms with Gasteiger partial charge in [0.2, 0.25) is 0 Å². The van der Waals surface area contributed by atoms with E-state index >= 15 is 0 Å². The maximum atomic E-state index is 13.9. The van der Waals surface area contributed by atoms with E-state index in [1.807, 2.05) is 13.0 Å². The molecule has 0 spiro atoms. The molecular weight excluding hydrogens is 419 g/mol. The molecule has 0 heterocycles. The van der Waals surface area contributed by atoms with E-state index in [4.69, 9.17) is 4.74 Å². The summed E-state index contributed by atoms with van der Waals surface area (Å²) in [5.41, 5.74) is 7.56. The Morgan fingerprint density at radius 1 is 0.912 bits per heavy atom. The zero-order valence-electron chi connectivity index (χ0n) is 20.4. The number of halogens is 1. The Bertz CT molecular complexity index is 1030. The van der Waals surface area contributed by atoms with Gasteiger partial charge >= 0.3 is 0 Å². The van der Waals surface area contributed by atoms with Crippen LogP contribution in [-0.2, 0) is 11.3 Å². The summed E-state index contributed by atoms with van der Waals surface area (Å²) in [5.74, 6) is 1.17. The van der Waals surface area contributed by atoms with E-state index in [9.17, 15) is 4.39 Å². The summed E-state index contributed by atoms with van der Waals surface area (Å²) in [5, 5.41) is 0. The molecule has 0 saturated heterocycles. The third kappa shape index (κ3) is 6.24. The molecule has 0 aliphatic heterocycles. The summed E-state index contributed by atoms with van der Waals surface area (Å²) in [6.45, 7) is 6.66. The van der Waals surface area contributed by atoms with Gasteiger partial charge in [-0.3, -0.25) is 0 Å². The van der Waals surface area contributed by atoms with E-state index in [2.05, 4.69) is 79.4 Å². The van der Waals surface area contributed by atoms with E-state index in [1.54, 1.807) is 0 Å². The summed E-state index contributed by atoms with van der Waals surface area (Å²) < 4.78 is 19.6. The highest BCUT2D eigenvalue weighted by Crippen LogP contribution is 2.41. The molecule has 178 valence electrons. The Kier molecular flexibility index (Phi) is 8.71. The summed E-state index contributed by atoms with van der Waals surface area (Å²) in [6, 6.07) is 26.1. The Morgan fingerprint density at radius 3 is 2.26 bits per heavy atom. The minimum atomic E-state index is -0.874. The standard InChI is InChI=1S/C32H37FO/c1-3-8-30(33)23-34-22-25-13-20-31(32(21-25)29-14-11-24(4-2)12-15-29)28-18-16-27(17-19-28)26-9-6-5-7-10-26/h4-7,9-10,13,16-21,24,29-30H,2-3,8,11-12,14-15,22-23H2,1H3. The molecule has 0 amide bonds. The number of rotatable bonds is 10. The van der Waals surface area contributed by atoms with Crippen LogP contribution in [-0.4, -0.2) is 12.8 Å². The Balaban J connectivity index is 1.57. The van der Waals surface area contributed by atoms with Gasteiger partial charge in [-0.05, 0) is 77.3 Å². The lowest BCUT2D eigenvalue weighted by atomic mass is 9.76. The molecule has 2 heteroatoms. The highest BCUT2D eigenvalue weighted by Gasteiger charge is 2.23. The lowest BCUT2D eigenvalue weighted by molar-refractivity contribution is 0.0662. The van der Waals surface area contributed by atoms with Gasteiger partial charge in [-0.2, -0.15) is 0 Å². The van der Waals surface area contributed by atoms with E-state index in [0.717, 1.165) is 12.0 Å². The number of hydrogen-bond acceptors (Lipinski definition) is 1. The zero-order valence-corrected chi connectivity index (χ0v) is 20.4. The maximum absolute atomic E-state index is 13.9. The predicted octanol–water partition coefficient (Wildman–Crippen LogP) is 9.14. The number of hydrogen-bond donors (Lipinski definition) is 0. The van der Waals surface area contributed by atoms with Crippen LogP contribution in [0.4, 0.5) is 4.39 Å². The SMILES string of the molecule is C=CC1CCC(c2cc(COCC(F)CCC)ccc2-c2ccc(-c3ccccc3)cc2)CC1. The van der Waals surface area contributed by atoms with Crippen molar-refractivity contribution in [3.8, 4) is 22.3 Å². The second kappa shape index (κ2) is 12.1. The molecule has 34 heavy (non-hydrogen) atoms. The largest absolute Gasteiger partial charge is 0.374 e. The molecule has 1 atom stereocenters. The monoisotopic (exact) mass is 456 g/mol. The zero-order chi connectivity index (χ0) is 23.8. The maximum Gasteiger partial charge on any atom is 0.123 e. The lowest BCUT2D eigenvalue weighted by Gasteiger charge is -2.29. The summed E-state index contributed by atoms with van der Waals surface area (Å²) >= 11 is 0. The van der Waals surface area contributed by atoms with Crippen molar-refractivity contribution in [3.05, 3.63) is 96.6 Å². The van der Waals surface area contributed by atoms with Gasteiger partial charge in [0.25, 0.3) is 0 Å².